The number of fused-ring (bicyclic) bond motifs is 3. The summed E-state index contributed by atoms with van der Waals surface area (Å²) < 4.78 is 9.05. The predicted octanol–water partition coefficient (Wildman–Crippen LogP) is 4.27. The molecule has 0 bridgehead atoms. The van der Waals surface area contributed by atoms with Crippen molar-refractivity contribution in [3.8, 4) is 11.8 Å². The van der Waals surface area contributed by atoms with E-state index in [4.69, 9.17) is 10.00 Å². The standard InChI is InChI=1S/C25H19N5O2S/c1-32-22-9-5-2-6-19(22)15-29-23(31)20-7-3-4-8-21(20)30-24(29)27-28-25(30)33-16-18-12-10-17(14-26)11-13-18/h2-13H,15-16H2,1H3. The van der Waals surface area contributed by atoms with Gasteiger partial charge in [0.05, 0.1) is 36.2 Å². The van der Waals surface area contributed by atoms with Crippen LogP contribution in [0.3, 0.4) is 0 Å². The van der Waals surface area contributed by atoms with Gasteiger partial charge in [-0.2, -0.15) is 5.26 Å². The summed E-state index contributed by atoms with van der Waals surface area (Å²) in [5.74, 6) is 1.85. The third kappa shape index (κ3) is 3.83. The Morgan fingerprint density at radius 1 is 1.00 bits per heavy atom. The SMILES string of the molecule is COc1ccccc1Cn1c(=O)c2ccccc2n2c(SCc3ccc(C#N)cc3)nnc12. The highest BCUT2D eigenvalue weighted by molar-refractivity contribution is 7.98. The maximum absolute atomic E-state index is 13.4. The van der Waals surface area contributed by atoms with Crippen molar-refractivity contribution >= 4 is 28.4 Å². The van der Waals surface area contributed by atoms with Crippen molar-refractivity contribution in [1.29, 1.82) is 5.26 Å². The zero-order valence-electron chi connectivity index (χ0n) is 17.8. The minimum absolute atomic E-state index is 0.125. The number of thioether (sulfide) groups is 1. The second-order valence-electron chi connectivity index (χ2n) is 7.44. The van der Waals surface area contributed by atoms with Gasteiger partial charge in [-0.05, 0) is 35.9 Å². The zero-order chi connectivity index (χ0) is 22.8. The average molecular weight is 454 g/mol. The Kier molecular flexibility index (Phi) is 5.55. The first-order valence-corrected chi connectivity index (χ1v) is 11.3. The third-order valence-corrected chi connectivity index (χ3v) is 6.45. The average Bonchev–Trinajstić information content (AvgIpc) is 3.30. The van der Waals surface area contributed by atoms with E-state index in [1.54, 1.807) is 23.8 Å². The molecule has 0 aliphatic rings. The molecule has 0 aliphatic carbocycles. The lowest BCUT2D eigenvalue weighted by Gasteiger charge is -2.13. The summed E-state index contributed by atoms with van der Waals surface area (Å²) in [4.78, 5) is 13.4. The second-order valence-corrected chi connectivity index (χ2v) is 8.38. The number of hydrogen-bond acceptors (Lipinski definition) is 6. The summed E-state index contributed by atoms with van der Waals surface area (Å²) in [6.45, 7) is 0.315. The molecule has 0 unspecified atom stereocenters. The van der Waals surface area contributed by atoms with Crippen molar-refractivity contribution in [3.05, 3.63) is 99.8 Å². The molecule has 2 heterocycles. The molecule has 0 saturated carbocycles. The van der Waals surface area contributed by atoms with Gasteiger partial charge in [0, 0.05) is 11.3 Å². The predicted molar refractivity (Wildman–Crippen MR) is 128 cm³/mol. The lowest BCUT2D eigenvalue weighted by atomic mass is 10.2. The Bertz CT molecular complexity index is 1560. The van der Waals surface area contributed by atoms with Crippen LogP contribution in [0.15, 0.2) is 82.7 Å². The molecule has 2 aromatic heterocycles. The first-order chi connectivity index (χ1) is 16.2. The van der Waals surface area contributed by atoms with Crippen LogP contribution in [0.5, 0.6) is 5.75 Å². The fraction of sp³-hybridized carbons (Fsp3) is 0.120. The molecule has 0 spiro atoms. The number of benzene rings is 3. The minimum atomic E-state index is -0.125. The van der Waals surface area contributed by atoms with Gasteiger partial charge >= 0.3 is 0 Å². The van der Waals surface area contributed by atoms with E-state index in [-0.39, 0.29) is 5.56 Å². The Hall–Kier alpha value is -4.09. The number of aromatic nitrogens is 4. The first kappa shape index (κ1) is 20.8. The van der Waals surface area contributed by atoms with Crippen molar-refractivity contribution in [1.82, 2.24) is 19.2 Å². The van der Waals surface area contributed by atoms with Gasteiger partial charge in [-0.3, -0.25) is 13.8 Å². The molecule has 8 heteroatoms. The molecule has 0 saturated heterocycles. The molecule has 0 fully saturated rings. The molecule has 3 aromatic carbocycles. The van der Waals surface area contributed by atoms with Crippen molar-refractivity contribution in [2.45, 2.75) is 17.5 Å². The van der Waals surface area contributed by atoms with E-state index in [9.17, 15) is 4.79 Å². The highest BCUT2D eigenvalue weighted by Crippen LogP contribution is 2.26. The lowest BCUT2D eigenvalue weighted by molar-refractivity contribution is 0.408. The number of nitrogens with zero attached hydrogens (tertiary/aromatic N) is 5. The van der Waals surface area contributed by atoms with Crippen molar-refractivity contribution in [2.75, 3.05) is 7.11 Å². The van der Waals surface area contributed by atoms with Gasteiger partial charge in [-0.15, -0.1) is 10.2 Å². The monoisotopic (exact) mass is 453 g/mol. The van der Waals surface area contributed by atoms with Crippen LogP contribution in [0.25, 0.3) is 16.7 Å². The van der Waals surface area contributed by atoms with Crippen LogP contribution in [-0.4, -0.2) is 26.3 Å². The van der Waals surface area contributed by atoms with Gasteiger partial charge < -0.3 is 4.74 Å². The van der Waals surface area contributed by atoms with E-state index in [2.05, 4.69) is 16.3 Å². The molecule has 0 amide bonds. The Labute approximate surface area is 193 Å². The second kappa shape index (κ2) is 8.81. The molecule has 0 N–H and O–H groups in total. The van der Waals surface area contributed by atoms with Crippen LogP contribution in [0.1, 0.15) is 16.7 Å². The van der Waals surface area contributed by atoms with Crippen molar-refractivity contribution in [2.24, 2.45) is 0 Å². The van der Waals surface area contributed by atoms with E-state index < -0.39 is 0 Å². The zero-order valence-corrected chi connectivity index (χ0v) is 18.6. The number of ether oxygens (including phenoxy) is 1. The molecular weight excluding hydrogens is 434 g/mol. The summed E-state index contributed by atoms with van der Waals surface area (Å²) in [7, 11) is 1.62. The Balaban J connectivity index is 1.61. The number of methoxy groups -OCH3 is 1. The number of rotatable bonds is 6. The van der Waals surface area contributed by atoms with Gasteiger partial charge in [-0.1, -0.05) is 54.2 Å². The van der Waals surface area contributed by atoms with E-state index in [0.717, 1.165) is 16.6 Å². The van der Waals surface area contributed by atoms with Crippen LogP contribution in [-0.2, 0) is 12.3 Å². The highest BCUT2D eigenvalue weighted by Gasteiger charge is 2.18. The molecule has 5 rings (SSSR count). The maximum Gasteiger partial charge on any atom is 0.263 e. The van der Waals surface area contributed by atoms with Crippen LogP contribution >= 0.6 is 11.8 Å². The summed E-state index contributed by atoms with van der Waals surface area (Å²) in [6, 6.07) is 24.7. The largest absolute Gasteiger partial charge is 0.496 e. The smallest absolute Gasteiger partial charge is 0.263 e. The molecule has 5 aromatic rings. The minimum Gasteiger partial charge on any atom is -0.496 e. The molecular formula is C25H19N5O2S. The Morgan fingerprint density at radius 2 is 1.76 bits per heavy atom. The van der Waals surface area contributed by atoms with Crippen LogP contribution in [0, 0.1) is 11.3 Å². The molecule has 0 atom stereocenters. The molecule has 0 radical (unpaired) electrons. The summed E-state index contributed by atoms with van der Waals surface area (Å²) >= 11 is 1.53. The Morgan fingerprint density at radius 3 is 2.55 bits per heavy atom. The fourth-order valence-electron chi connectivity index (χ4n) is 3.80. The highest BCUT2D eigenvalue weighted by atomic mass is 32.2. The van der Waals surface area contributed by atoms with E-state index in [1.165, 1.54) is 11.8 Å². The molecule has 162 valence electrons. The first-order valence-electron chi connectivity index (χ1n) is 10.3. The van der Waals surface area contributed by atoms with Gasteiger partial charge in [0.1, 0.15) is 5.75 Å². The number of para-hydroxylation sites is 2. The molecule has 0 aliphatic heterocycles. The van der Waals surface area contributed by atoms with E-state index in [1.807, 2.05) is 65.1 Å². The van der Waals surface area contributed by atoms with Crippen molar-refractivity contribution in [3.63, 3.8) is 0 Å². The van der Waals surface area contributed by atoms with Gasteiger partial charge in [0.25, 0.3) is 5.56 Å². The maximum atomic E-state index is 13.4. The number of hydrogen-bond donors (Lipinski definition) is 0. The van der Waals surface area contributed by atoms with E-state index in [0.29, 0.717) is 39.9 Å². The van der Waals surface area contributed by atoms with Gasteiger partial charge in [0.15, 0.2) is 5.16 Å². The summed E-state index contributed by atoms with van der Waals surface area (Å²) in [6.07, 6.45) is 0. The molecule has 7 nitrogen and oxygen atoms in total. The van der Waals surface area contributed by atoms with Crippen LogP contribution in [0.4, 0.5) is 0 Å². The topological polar surface area (TPSA) is 85.2 Å². The summed E-state index contributed by atoms with van der Waals surface area (Å²) in [5, 5.41) is 19.1. The van der Waals surface area contributed by atoms with Crippen LogP contribution in [0.2, 0.25) is 0 Å². The van der Waals surface area contributed by atoms with Crippen LogP contribution < -0.4 is 10.3 Å². The van der Waals surface area contributed by atoms with Crippen molar-refractivity contribution < 1.29 is 4.74 Å². The quantitative estimate of drug-likeness (QED) is 0.357. The summed E-state index contributed by atoms with van der Waals surface area (Å²) in [5.41, 5.74) is 3.22. The third-order valence-electron chi connectivity index (χ3n) is 5.45. The van der Waals surface area contributed by atoms with Gasteiger partial charge in [-0.25, -0.2) is 0 Å². The van der Waals surface area contributed by atoms with E-state index >= 15 is 0 Å². The molecule has 33 heavy (non-hydrogen) atoms. The lowest BCUT2D eigenvalue weighted by Crippen LogP contribution is -2.24. The number of nitriles is 1. The normalized spacial score (nSPS) is 11.0. The fourth-order valence-corrected chi connectivity index (χ4v) is 4.69. The van der Waals surface area contributed by atoms with Gasteiger partial charge in [0.2, 0.25) is 5.78 Å².